The zero-order chi connectivity index (χ0) is 4.24. The van der Waals surface area contributed by atoms with Crippen LogP contribution in [0.25, 0.3) is 0 Å². The molecule has 1 aliphatic heterocycles. The Morgan fingerprint density at radius 2 is 1.33 bits per heavy atom. The van der Waals surface area contributed by atoms with Crippen molar-refractivity contribution in [2.45, 2.75) is 0 Å². The fourth-order valence-corrected chi connectivity index (χ4v) is 3.06. The van der Waals surface area contributed by atoms with E-state index in [-0.39, 0.29) is 0 Å². The molecule has 0 amide bonds. The van der Waals surface area contributed by atoms with Crippen LogP contribution in [0.3, 0.4) is 0 Å². The molecule has 6 heavy (non-hydrogen) atoms. The van der Waals surface area contributed by atoms with Crippen molar-refractivity contribution in [3.8, 4) is 0 Å². The Kier molecular flexibility index (Phi) is 3.04. The zero-order valence-corrected chi connectivity index (χ0v) is 5.72. The van der Waals surface area contributed by atoms with Crippen molar-refractivity contribution in [2.24, 2.45) is 0 Å². The van der Waals surface area contributed by atoms with E-state index in [1.165, 1.54) is 22.1 Å². The van der Waals surface area contributed by atoms with Crippen LogP contribution in [0.2, 0.25) is 0 Å². The minimum absolute atomic E-state index is 1.23. The second-order valence-corrected chi connectivity index (χ2v) is 5.31. The van der Waals surface area contributed by atoms with Gasteiger partial charge in [-0.2, -0.15) is 0 Å². The lowest BCUT2D eigenvalue weighted by atomic mass is 14.9. The molecule has 6 heteroatoms. The van der Waals surface area contributed by atoms with Gasteiger partial charge in [0.25, 0.3) is 0 Å². The summed E-state index contributed by atoms with van der Waals surface area (Å²) in [7, 11) is 3.09. The van der Waals surface area contributed by atoms with Crippen molar-refractivity contribution < 1.29 is 8.67 Å². The van der Waals surface area contributed by atoms with Gasteiger partial charge in [-0.05, 0) is 0 Å². The highest BCUT2D eigenvalue weighted by Crippen LogP contribution is 2.49. The molecule has 36 valence electrons. The molecule has 1 fully saturated rings. The molecule has 0 aliphatic carbocycles. The van der Waals surface area contributed by atoms with Crippen LogP contribution >= 0.6 is 41.8 Å². The van der Waals surface area contributed by atoms with E-state index in [1.807, 2.05) is 0 Å². The lowest BCUT2D eigenvalue weighted by Crippen LogP contribution is -1.69. The average molecular weight is 160 g/mol. The number of hydrogen-bond acceptors (Lipinski definition) is 6. The zero-order valence-electron chi connectivity index (χ0n) is 2.45. The highest BCUT2D eigenvalue weighted by molar-refractivity contribution is 9.25. The Hall–Kier alpha value is 1.32. The van der Waals surface area contributed by atoms with E-state index in [0.29, 0.717) is 0 Å². The van der Waals surface area contributed by atoms with Crippen LogP contribution in [0.15, 0.2) is 0 Å². The lowest BCUT2D eigenvalue weighted by molar-refractivity contribution is -0.0483. The predicted octanol–water partition coefficient (Wildman–Crippen LogP) is 2.46. The average Bonchev–Trinajstić information content (AvgIpc) is 1.72. The van der Waals surface area contributed by atoms with Gasteiger partial charge in [0.1, 0.15) is 22.1 Å². The van der Waals surface area contributed by atoms with Crippen LogP contribution in [0.5, 0.6) is 0 Å². The van der Waals surface area contributed by atoms with Crippen molar-refractivity contribution in [3.05, 3.63) is 0 Å². The normalized spacial score (nSPS) is 24.0. The summed E-state index contributed by atoms with van der Waals surface area (Å²) in [6.45, 7) is 0. The third-order valence-corrected chi connectivity index (χ3v) is 4.50. The highest BCUT2D eigenvalue weighted by atomic mass is 33.7. The predicted molar refractivity (Wildman–Crippen MR) is 32.5 cm³/mol. The first-order valence-corrected chi connectivity index (χ1v) is 5.67. The van der Waals surface area contributed by atoms with Crippen LogP contribution < -0.4 is 0 Å². The highest BCUT2D eigenvalue weighted by Gasteiger charge is 2.01. The van der Waals surface area contributed by atoms with Gasteiger partial charge in [-0.15, -0.1) is 8.67 Å². The Balaban J connectivity index is 2.00. The fraction of sp³-hybridized carbons (Fsp3) is 0. The molecule has 0 radical (unpaired) electrons. The van der Waals surface area contributed by atoms with Gasteiger partial charge in [-0.3, -0.25) is 0 Å². The summed E-state index contributed by atoms with van der Waals surface area (Å²) < 4.78 is 8.78. The Labute approximate surface area is 50.6 Å². The summed E-state index contributed by atoms with van der Waals surface area (Å²) in [5.74, 6) is 0. The minimum atomic E-state index is 1.23. The van der Waals surface area contributed by atoms with E-state index in [0.717, 1.165) is 0 Å². The SMILES string of the molecule is O1OSSSS1. The van der Waals surface area contributed by atoms with Gasteiger partial charge >= 0.3 is 0 Å². The van der Waals surface area contributed by atoms with E-state index < -0.39 is 0 Å². The number of hydrogen-bond donors (Lipinski definition) is 0. The van der Waals surface area contributed by atoms with E-state index >= 15 is 0 Å². The van der Waals surface area contributed by atoms with Crippen LogP contribution in [0.1, 0.15) is 0 Å². The summed E-state index contributed by atoms with van der Waals surface area (Å²) in [6, 6.07) is 0. The third kappa shape index (κ3) is 1.85. The van der Waals surface area contributed by atoms with E-state index in [1.54, 1.807) is 19.7 Å². The Morgan fingerprint density at radius 3 is 1.50 bits per heavy atom. The quantitative estimate of drug-likeness (QED) is 0.305. The second kappa shape index (κ2) is 3.34. The summed E-state index contributed by atoms with van der Waals surface area (Å²) in [4.78, 5) is 0. The first kappa shape index (κ1) is 5.46. The van der Waals surface area contributed by atoms with Crippen LogP contribution in [-0.4, -0.2) is 0 Å². The summed E-state index contributed by atoms with van der Waals surface area (Å²) in [5.41, 5.74) is 0. The van der Waals surface area contributed by atoms with Crippen LogP contribution in [0.4, 0.5) is 0 Å². The molecular weight excluding hydrogens is 160 g/mol. The van der Waals surface area contributed by atoms with Crippen molar-refractivity contribution in [1.82, 2.24) is 0 Å². The largest absolute Gasteiger partial charge is 0.137 e. The lowest BCUT2D eigenvalue weighted by Gasteiger charge is -2.01. The summed E-state index contributed by atoms with van der Waals surface area (Å²) >= 11 is 2.46. The van der Waals surface area contributed by atoms with Gasteiger partial charge in [0.2, 0.25) is 0 Å². The monoisotopic (exact) mass is 160 g/mol. The van der Waals surface area contributed by atoms with Gasteiger partial charge in [-0.25, -0.2) is 0 Å². The van der Waals surface area contributed by atoms with Gasteiger partial charge in [0, 0.05) is 19.7 Å². The maximum absolute atomic E-state index is 4.39. The molecule has 0 bridgehead atoms. The van der Waals surface area contributed by atoms with Crippen molar-refractivity contribution in [3.63, 3.8) is 0 Å². The fourth-order valence-electron chi connectivity index (χ4n) is 0.0680. The molecule has 1 saturated heterocycles. The molecule has 0 atom stereocenters. The van der Waals surface area contributed by atoms with Crippen molar-refractivity contribution >= 4 is 41.8 Å². The molecular formula is O2S4. The number of rotatable bonds is 0. The molecule has 1 aliphatic rings. The van der Waals surface area contributed by atoms with E-state index in [4.69, 9.17) is 0 Å². The molecule has 1 rings (SSSR count). The first-order valence-electron chi connectivity index (χ1n) is 1.00. The molecule has 0 N–H and O–H groups in total. The van der Waals surface area contributed by atoms with Crippen molar-refractivity contribution in [1.29, 1.82) is 0 Å². The first-order chi connectivity index (χ1) is 3.00. The topological polar surface area (TPSA) is 18.5 Å². The molecule has 0 aromatic rings. The van der Waals surface area contributed by atoms with Crippen LogP contribution in [-0.2, 0) is 8.67 Å². The molecule has 0 aromatic heterocycles. The standard InChI is InChI=1S/O2S4/c1-2-4-6-5-3-1. The Bertz CT molecular complexity index is 21.0. The maximum Gasteiger partial charge on any atom is 0.116 e. The summed E-state index contributed by atoms with van der Waals surface area (Å²) in [5, 5.41) is 0. The van der Waals surface area contributed by atoms with Gasteiger partial charge in [0.05, 0.1) is 0 Å². The molecule has 0 spiro atoms. The molecule has 0 aromatic carbocycles. The van der Waals surface area contributed by atoms with Crippen molar-refractivity contribution in [2.75, 3.05) is 0 Å². The van der Waals surface area contributed by atoms with E-state index in [9.17, 15) is 0 Å². The van der Waals surface area contributed by atoms with Gasteiger partial charge in [0.15, 0.2) is 0 Å². The second-order valence-electron chi connectivity index (χ2n) is 0.408. The molecule has 1 heterocycles. The van der Waals surface area contributed by atoms with Gasteiger partial charge in [-0.1, -0.05) is 0 Å². The molecule has 0 saturated carbocycles. The van der Waals surface area contributed by atoms with Crippen LogP contribution in [0, 0.1) is 0 Å². The third-order valence-electron chi connectivity index (χ3n) is 0.167. The summed E-state index contributed by atoms with van der Waals surface area (Å²) in [6.07, 6.45) is 0. The Morgan fingerprint density at radius 1 is 0.833 bits per heavy atom. The van der Waals surface area contributed by atoms with Gasteiger partial charge < -0.3 is 0 Å². The van der Waals surface area contributed by atoms with E-state index in [2.05, 4.69) is 8.67 Å². The molecule has 2 nitrogen and oxygen atoms in total. The molecule has 0 unspecified atom stereocenters. The maximum atomic E-state index is 4.39. The smallest absolute Gasteiger partial charge is 0.116 e. The minimum Gasteiger partial charge on any atom is -0.137 e.